The van der Waals surface area contributed by atoms with Crippen molar-refractivity contribution in [2.75, 3.05) is 5.43 Å². The lowest BCUT2D eigenvalue weighted by Gasteiger charge is -2.07. The summed E-state index contributed by atoms with van der Waals surface area (Å²) in [6, 6.07) is 9.87. The van der Waals surface area contributed by atoms with Gasteiger partial charge in [0.25, 0.3) is 0 Å². The van der Waals surface area contributed by atoms with Crippen LogP contribution in [-0.4, -0.2) is 10.8 Å². The first kappa shape index (κ1) is 15.0. The Morgan fingerprint density at radius 2 is 1.80 bits per heavy atom. The maximum absolute atomic E-state index is 9.78. The summed E-state index contributed by atoms with van der Waals surface area (Å²) in [5.41, 5.74) is 4.70. The number of anilines is 1. The van der Waals surface area contributed by atoms with Gasteiger partial charge in [-0.3, -0.25) is 5.43 Å². The SMILES string of the molecule is C/C(=N\Nc1ccc(Cl)c(Cl)c1)c1cc(Cl)ccc1O. The molecule has 20 heavy (non-hydrogen) atoms. The van der Waals surface area contributed by atoms with Gasteiger partial charge in [-0.05, 0) is 43.3 Å². The normalized spacial score (nSPS) is 11.5. The molecule has 0 atom stereocenters. The van der Waals surface area contributed by atoms with Crippen molar-refractivity contribution in [3.05, 3.63) is 57.0 Å². The van der Waals surface area contributed by atoms with E-state index in [0.717, 1.165) is 0 Å². The van der Waals surface area contributed by atoms with Gasteiger partial charge in [0.1, 0.15) is 5.75 Å². The second-order valence-corrected chi connectivity index (χ2v) is 5.35. The highest BCUT2D eigenvalue weighted by molar-refractivity contribution is 6.42. The standard InChI is InChI=1S/C14H11Cl3N2O/c1-8(11-6-9(15)2-5-14(11)20)18-19-10-3-4-12(16)13(17)7-10/h2-7,19-20H,1H3/b18-8+. The Hall–Kier alpha value is -1.42. The number of nitrogens with zero attached hydrogens (tertiary/aromatic N) is 1. The van der Waals surface area contributed by atoms with Crippen molar-refractivity contribution >= 4 is 46.2 Å². The number of hydrazone groups is 1. The monoisotopic (exact) mass is 328 g/mol. The third-order valence-corrected chi connectivity index (χ3v) is 3.59. The lowest BCUT2D eigenvalue weighted by atomic mass is 10.1. The molecule has 6 heteroatoms. The fourth-order valence-corrected chi connectivity index (χ4v) is 2.04. The largest absolute Gasteiger partial charge is 0.507 e. The molecule has 3 nitrogen and oxygen atoms in total. The van der Waals surface area contributed by atoms with E-state index in [2.05, 4.69) is 10.5 Å². The third kappa shape index (κ3) is 3.57. The number of aromatic hydroxyl groups is 1. The van der Waals surface area contributed by atoms with Gasteiger partial charge in [-0.25, -0.2) is 0 Å². The summed E-state index contributed by atoms with van der Waals surface area (Å²) in [4.78, 5) is 0. The van der Waals surface area contributed by atoms with Crippen molar-refractivity contribution < 1.29 is 5.11 Å². The molecule has 104 valence electrons. The quantitative estimate of drug-likeness (QED) is 0.601. The molecule has 0 unspecified atom stereocenters. The molecule has 0 heterocycles. The van der Waals surface area contributed by atoms with Crippen LogP contribution in [-0.2, 0) is 0 Å². The fourth-order valence-electron chi connectivity index (χ4n) is 1.57. The van der Waals surface area contributed by atoms with Gasteiger partial charge in [-0.1, -0.05) is 34.8 Å². The second-order valence-electron chi connectivity index (χ2n) is 4.10. The molecule has 0 fully saturated rings. The molecule has 2 rings (SSSR count). The van der Waals surface area contributed by atoms with Gasteiger partial charge in [0.2, 0.25) is 0 Å². The van der Waals surface area contributed by atoms with E-state index in [1.54, 1.807) is 37.3 Å². The Kier molecular flexibility index (Phi) is 4.76. The minimum atomic E-state index is 0.117. The van der Waals surface area contributed by atoms with Crippen LogP contribution < -0.4 is 5.43 Å². The first-order valence-electron chi connectivity index (χ1n) is 5.71. The summed E-state index contributed by atoms with van der Waals surface area (Å²) in [7, 11) is 0. The number of halogens is 3. The van der Waals surface area contributed by atoms with Gasteiger partial charge in [-0.15, -0.1) is 0 Å². The van der Waals surface area contributed by atoms with Gasteiger partial charge < -0.3 is 5.11 Å². The predicted octanol–water partition coefficient (Wildman–Crippen LogP) is 5.19. The van der Waals surface area contributed by atoms with E-state index < -0.39 is 0 Å². The van der Waals surface area contributed by atoms with E-state index in [0.29, 0.717) is 32.0 Å². The summed E-state index contributed by atoms with van der Waals surface area (Å²) >= 11 is 17.6. The molecule has 2 aromatic carbocycles. The third-order valence-electron chi connectivity index (χ3n) is 2.62. The van der Waals surface area contributed by atoms with Crippen molar-refractivity contribution in [2.45, 2.75) is 6.92 Å². The highest BCUT2D eigenvalue weighted by atomic mass is 35.5. The maximum Gasteiger partial charge on any atom is 0.124 e. The lowest BCUT2D eigenvalue weighted by molar-refractivity contribution is 0.474. The van der Waals surface area contributed by atoms with Crippen LogP contribution in [0.1, 0.15) is 12.5 Å². The number of benzene rings is 2. The highest BCUT2D eigenvalue weighted by Crippen LogP contribution is 2.25. The van der Waals surface area contributed by atoms with Crippen LogP contribution in [0.3, 0.4) is 0 Å². The average molecular weight is 330 g/mol. The van der Waals surface area contributed by atoms with E-state index >= 15 is 0 Å². The Morgan fingerprint density at radius 3 is 2.50 bits per heavy atom. The molecule has 0 aliphatic carbocycles. The van der Waals surface area contributed by atoms with Crippen LogP contribution in [0, 0.1) is 0 Å². The first-order chi connectivity index (χ1) is 9.47. The number of phenolic OH excluding ortho intramolecular Hbond substituents is 1. The number of hydrogen-bond acceptors (Lipinski definition) is 3. The summed E-state index contributed by atoms with van der Waals surface area (Å²) in [6.45, 7) is 1.76. The minimum Gasteiger partial charge on any atom is -0.507 e. The highest BCUT2D eigenvalue weighted by Gasteiger charge is 2.06. The van der Waals surface area contributed by atoms with E-state index in [9.17, 15) is 5.11 Å². The molecule has 0 bridgehead atoms. The predicted molar refractivity (Wildman–Crippen MR) is 85.4 cm³/mol. The van der Waals surface area contributed by atoms with Crippen molar-refractivity contribution in [1.29, 1.82) is 0 Å². The second kappa shape index (κ2) is 6.35. The zero-order valence-corrected chi connectivity index (χ0v) is 12.8. The van der Waals surface area contributed by atoms with Gasteiger partial charge in [0.05, 0.1) is 21.4 Å². The Labute approximate surface area is 131 Å². The summed E-state index contributed by atoms with van der Waals surface area (Å²) in [5.74, 6) is 0.117. The molecule has 0 amide bonds. The molecule has 0 aliphatic heterocycles. The molecule has 0 radical (unpaired) electrons. The number of hydrogen-bond donors (Lipinski definition) is 2. The Balaban J connectivity index is 2.22. The average Bonchev–Trinajstić information content (AvgIpc) is 2.42. The molecular formula is C14H11Cl3N2O. The Morgan fingerprint density at radius 1 is 1.05 bits per heavy atom. The van der Waals surface area contributed by atoms with Crippen molar-refractivity contribution in [2.24, 2.45) is 5.10 Å². The minimum absolute atomic E-state index is 0.117. The van der Waals surface area contributed by atoms with E-state index in [4.69, 9.17) is 34.8 Å². The zero-order chi connectivity index (χ0) is 14.7. The summed E-state index contributed by atoms with van der Waals surface area (Å²) in [6.07, 6.45) is 0. The van der Waals surface area contributed by atoms with E-state index in [1.165, 1.54) is 6.07 Å². The molecule has 2 aromatic rings. The van der Waals surface area contributed by atoms with Crippen LogP contribution in [0.15, 0.2) is 41.5 Å². The van der Waals surface area contributed by atoms with Crippen LogP contribution in [0.5, 0.6) is 5.75 Å². The van der Waals surface area contributed by atoms with E-state index in [-0.39, 0.29) is 5.75 Å². The topological polar surface area (TPSA) is 44.6 Å². The molecule has 0 saturated heterocycles. The number of rotatable bonds is 3. The van der Waals surface area contributed by atoms with Crippen LogP contribution in [0.2, 0.25) is 15.1 Å². The van der Waals surface area contributed by atoms with E-state index in [1.807, 2.05) is 0 Å². The van der Waals surface area contributed by atoms with Crippen LogP contribution in [0.4, 0.5) is 5.69 Å². The van der Waals surface area contributed by atoms with Gasteiger partial charge in [0, 0.05) is 10.6 Å². The van der Waals surface area contributed by atoms with Gasteiger partial charge >= 0.3 is 0 Å². The van der Waals surface area contributed by atoms with Crippen molar-refractivity contribution in [3.8, 4) is 5.75 Å². The Bertz CT molecular complexity index is 671. The molecule has 0 aliphatic rings. The molecule has 2 N–H and O–H groups in total. The van der Waals surface area contributed by atoms with Crippen LogP contribution >= 0.6 is 34.8 Å². The molecule has 0 saturated carbocycles. The van der Waals surface area contributed by atoms with Crippen molar-refractivity contribution in [3.63, 3.8) is 0 Å². The smallest absolute Gasteiger partial charge is 0.124 e. The van der Waals surface area contributed by atoms with Gasteiger partial charge in [-0.2, -0.15) is 5.10 Å². The first-order valence-corrected chi connectivity index (χ1v) is 6.85. The zero-order valence-electron chi connectivity index (χ0n) is 10.5. The molecule has 0 aromatic heterocycles. The lowest BCUT2D eigenvalue weighted by Crippen LogP contribution is -2.00. The summed E-state index contributed by atoms with van der Waals surface area (Å²) in [5, 5.41) is 15.4. The molecule has 0 spiro atoms. The number of phenols is 1. The van der Waals surface area contributed by atoms with Crippen LogP contribution in [0.25, 0.3) is 0 Å². The van der Waals surface area contributed by atoms with Gasteiger partial charge in [0.15, 0.2) is 0 Å². The number of nitrogens with one attached hydrogen (secondary N) is 1. The fraction of sp³-hybridized carbons (Fsp3) is 0.0714. The van der Waals surface area contributed by atoms with Crippen molar-refractivity contribution in [1.82, 2.24) is 0 Å². The maximum atomic E-state index is 9.78. The molecular weight excluding hydrogens is 319 g/mol. The summed E-state index contributed by atoms with van der Waals surface area (Å²) < 4.78 is 0.